The van der Waals surface area contributed by atoms with Crippen LogP contribution in [0.15, 0.2) is 24.3 Å². The van der Waals surface area contributed by atoms with Crippen molar-refractivity contribution in [2.24, 2.45) is 11.8 Å². The molecule has 7 heteroatoms. The number of benzene rings is 1. The lowest BCUT2D eigenvalue weighted by Crippen LogP contribution is -2.32. The number of nitrogens with zero attached hydrogens (tertiary/aromatic N) is 2. The summed E-state index contributed by atoms with van der Waals surface area (Å²) in [6, 6.07) is 7.49. The fraction of sp³-hybridized carbons (Fsp3) is 0.471. The summed E-state index contributed by atoms with van der Waals surface area (Å²) < 4.78 is 0. The molecule has 0 spiro atoms. The molecule has 1 aromatic heterocycles. The van der Waals surface area contributed by atoms with Crippen molar-refractivity contribution < 1.29 is 4.79 Å². The van der Waals surface area contributed by atoms with Gasteiger partial charge in [-0.2, -0.15) is 0 Å². The van der Waals surface area contributed by atoms with E-state index in [9.17, 15) is 4.79 Å². The number of nitrogens with one attached hydrogen (secondary N) is 2. The Hall–Kier alpha value is -1.50. The predicted octanol–water partition coefficient (Wildman–Crippen LogP) is 3.82. The number of carbonyl (C=O) groups excluding carboxylic acids is 1. The predicted molar refractivity (Wildman–Crippen MR) is 98.4 cm³/mol. The second-order valence-electron chi connectivity index (χ2n) is 6.21. The number of piperidine rings is 1. The van der Waals surface area contributed by atoms with Crippen molar-refractivity contribution in [3.63, 3.8) is 0 Å². The van der Waals surface area contributed by atoms with E-state index in [0.29, 0.717) is 33.4 Å². The van der Waals surface area contributed by atoms with Gasteiger partial charge in [0.2, 0.25) is 11.0 Å². The average molecular weight is 365 g/mol. The highest BCUT2D eigenvalue weighted by molar-refractivity contribution is 7.18. The molecular weight excluding hydrogens is 344 g/mol. The maximum atomic E-state index is 12.3. The van der Waals surface area contributed by atoms with Gasteiger partial charge in [0.15, 0.2) is 5.01 Å². The van der Waals surface area contributed by atoms with Crippen LogP contribution >= 0.6 is 22.9 Å². The lowest BCUT2D eigenvalue weighted by Gasteiger charge is -2.27. The minimum Gasteiger partial charge on any atom is -0.317 e. The van der Waals surface area contributed by atoms with E-state index in [-0.39, 0.29) is 5.91 Å². The summed E-state index contributed by atoms with van der Waals surface area (Å²) in [7, 11) is 0. The molecule has 128 valence electrons. The van der Waals surface area contributed by atoms with Crippen molar-refractivity contribution in [1.29, 1.82) is 0 Å². The summed E-state index contributed by atoms with van der Waals surface area (Å²) in [5.41, 5.74) is 0.834. The Morgan fingerprint density at radius 3 is 2.88 bits per heavy atom. The monoisotopic (exact) mass is 364 g/mol. The van der Waals surface area contributed by atoms with E-state index in [4.69, 9.17) is 11.6 Å². The van der Waals surface area contributed by atoms with E-state index >= 15 is 0 Å². The van der Waals surface area contributed by atoms with Crippen LogP contribution in [-0.2, 0) is 4.79 Å². The van der Waals surface area contributed by atoms with Crippen molar-refractivity contribution in [2.75, 3.05) is 18.4 Å². The van der Waals surface area contributed by atoms with Crippen molar-refractivity contribution in [2.45, 2.75) is 26.2 Å². The summed E-state index contributed by atoms with van der Waals surface area (Å²) in [6.45, 7) is 4.26. The molecule has 1 fully saturated rings. The first kappa shape index (κ1) is 17.3. The fourth-order valence-corrected chi connectivity index (χ4v) is 4.14. The minimum absolute atomic E-state index is 0.00268. The molecule has 5 nitrogen and oxygen atoms in total. The number of hydrogen-bond acceptors (Lipinski definition) is 5. The van der Waals surface area contributed by atoms with Gasteiger partial charge in [-0.05, 0) is 43.8 Å². The lowest BCUT2D eigenvalue weighted by atomic mass is 9.84. The molecule has 1 unspecified atom stereocenters. The maximum absolute atomic E-state index is 12.3. The van der Waals surface area contributed by atoms with Gasteiger partial charge < -0.3 is 10.6 Å². The summed E-state index contributed by atoms with van der Waals surface area (Å²) in [5.74, 6) is 0.996. The fourth-order valence-electron chi connectivity index (χ4n) is 3.06. The summed E-state index contributed by atoms with van der Waals surface area (Å²) >= 11 is 7.52. The summed E-state index contributed by atoms with van der Waals surface area (Å²) in [6.07, 6.45) is 2.81. The SMILES string of the molecule is CC(CC(=O)Nc1nnc(-c2ccccc2Cl)s1)C1CCNCC1. The molecule has 0 saturated carbocycles. The molecule has 0 radical (unpaired) electrons. The van der Waals surface area contributed by atoms with Crippen molar-refractivity contribution in [3.05, 3.63) is 29.3 Å². The molecular formula is C17H21ClN4OS. The third-order valence-electron chi connectivity index (χ3n) is 4.47. The molecule has 24 heavy (non-hydrogen) atoms. The van der Waals surface area contributed by atoms with Crippen LogP contribution in [0.2, 0.25) is 5.02 Å². The van der Waals surface area contributed by atoms with Gasteiger partial charge in [0, 0.05) is 12.0 Å². The van der Waals surface area contributed by atoms with Crippen LogP contribution in [0, 0.1) is 11.8 Å². The van der Waals surface area contributed by atoms with E-state index in [2.05, 4.69) is 27.8 Å². The number of halogens is 1. The Morgan fingerprint density at radius 1 is 1.38 bits per heavy atom. The van der Waals surface area contributed by atoms with Crippen LogP contribution in [0.5, 0.6) is 0 Å². The van der Waals surface area contributed by atoms with Gasteiger partial charge >= 0.3 is 0 Å². The van der Waals surface area contributed by atoms with Crippen molar-refractivity contribution in [1.82, 2.24) is 15.5 Å². The topological polar surface area (TPSA) is 66.9 Å². The van der Waals surface area contributed by atoms with E-state index < -0.39 is 0 Å². The van der Waals surface area contributed by atoms with Gasteiger partial charge in [-0.25, -0.2) is 0 Å². The molecule has 1 amide bonds. The zero-order valence-electron chi connectivity index (χ0n) is 13.6. The zero-order valence-corrected chi connectivity index (χ0v) is 15.2. The third-order valence-corrected chi connectivity index (χ3v) is 5.67. The first-order chi connectivity index (χ1) is 11.6. The van der Waals surface area contributed by atoms with E-state index in [1.807, 2.05) is 24.3 Å². The Morgan fingerprint density at radius 2 is 2.12 bits per heavy atom. The van der Waals surface area contributed by atoms with Crippen LogP contribution in [-0.4, -0.2) is 29.2 Å². The van der Waals surface area contributed by atoms with Crippen LogP contribution in [0.1, 0.15) is 26.2 Å². The molecule has 1 saturated heterocycles. The first-order valence-corrected chi connectivity index (χ1v) is 9.42. The highest BCUT2D eigenvalue weighted by Gasteiger charge is 2.22. The molecule has 3 rings (SSSR count). The molecule has 2 aromatic rings. The number of rotatable bonds is 5. The second kappa shape index (κ2) is 8.05. The summed E-state index contributed by atoms with van der Waals surface area (Å²) in [4.78, 5) is 12.3. The van der Waals surface area contributed by atoms with Gasteiger partial charge in [-0.3, -0.25) is 4.79 Å². The highest BCUT2D eigenvalue weighted by Crippen LogP contribution is 2.32. The molecule has 2 heterocycles. The van der Waals surface area contributed by atoms with Gasteiger partial charge in [-0.15, -0.1) is 10.2 Å². The first-order valence-electron chi connectivity index (χ1n) is 8.22. The minimum atomic E-state index is 0.00268. The molecule has 1 atom stereocenters. The highest BCUT2D eigenvalue weighted by atomic mass is 35.5. The van der Waals surface area contributed by atoms with Gasteiger partial charge in [0.25, 0.3) is 0 Å². The quantitative estimate of drug-likeness (QED) is 0.846. The number of hydrogen-bond donors (Lipinski definition) is 2. The standard InChI is InChI=1S/C17H21ClN4OS/c1-11(12-6-8-19-9-7-12)10-15(23)20-17-22-21-16(24-17)13-4-2-3-5-14(13)18/h2-5,11-12,19H,6-10H2,1H3,(H,20,22,23). The van der Waals surface area contributed by atoms with E-state index in [1.165, 1.54) is 11.3 Å². The van der Waals surface area contributed by atoms with Gasteiger partial charge in [0.05, 0.1) is 5.02 Å². The molecule has 1 aliphatic heterocycles. The van der Waals surface area contributed by atoms with Gasteiger partial charge in [0.1, 0.15) is 0 Å². The maximum Gasteiger partial charge on any atom is 0.226 e. The number of aromatic nitrogens is 2. The average Bonchev–Trinajstić information content (AvgIpc) is 3.04. The zero-order chi connectivity index (χ0) is 16.9. The second-order valence-corrected chi connectivity index (χ2v) is 7.59. The van der Waals surface area contributed by atoms with Crippen LogP contribution in [0.4, 0.5) is 5.13 Å². The number of anilines is 1. The number of amides is 1. The molecule has 2 N–H and O–H groups in total. The largest absolute Gasteiger partial charge is 0.317 e. The molecule has 1 aromatic carbocycles. The lowest BCUT2D eigenvalue weighted by molar-refractivity contribution is -0.117. The Kier molecular flexibility index (Phi) is 5.81. The van der Waals surface area contributed by atoms with Crippen molar-refractivity contribution in [3.8, 4) is 10.6 Å². The van der Waals surface area contributed by atoms with E-state index in [0.717, 1.165) is 31.5 Å². The van der Waals surface area contributed by atoms with Crippen LogP contribution in [0.25, 0.3) is 10.6 Å². The Balaban J connectivity index is 1.58. The van der Waals surface area contributed by atoms with E-state index in [1.54, 1.807) is 0 Å². The Labute approximate surface area is 150 Å². The summed E-state index contributed by atoms with van der Waals surface area (Å²) in [5, 5.41) is 16.3. The molecule has 0 aliphatic carbocycles. The van der Waals surface area contributed by atoms with Crippen LogP contribution in [0.3, 0.4) is 0 Å². The molecule has 0 bridgehead atoms. The van der Waals surface area contributed by atoms with Crippen LogP contribution < -0.4 is 10.6 Å². The van der Waals surface area contributed by atoms with Gasteiger partial charge in [-0.1, -0.05) is 48.1 Å². The molecule has 1 aliphatic rings. The van der Waals surface area contributed by atoms with Crippen molar-refractivity contribution >= 4 is 34.0 Å². The Bertz CT molecular complexity index is 699. The third kappa shape index (κ3) is 4.32. The number of carbonyl (C=O) groups is 1. The smallest absolute Gasteiger partial charge is 0.226 e. The normalized spacial score (nSPS) is 16.8.